The van der Waals surface area contributed by atoms with Crippen LogP contribution in [0.25, 0.3) is 5.69 Å². The van der Waals surface area contributed by atoms with Crippen molar-refractivity contribution >= 4 is 28.1 Å². The van der Waals surface area contributed by atoms with Gasteiger partial charge in [0.2, 0.25) is 0 Å². The molecule has 1 amide bonds. The Balaban J connectivity index is 1.76. The Morgan fingerprint density at radius 2 is 1.81 bits per heavy atom. The molecule has 1 heterocycles. The van der Waals surface area contributed by atoms with E-state index in [1.807, 2.05) is 50.2 Å². The second-order valence-corrected chi connectivity index (χ2v) is 7.02. The van der Waals surface area contributed by atoms with Gasteiger partial charge in [0.1, 0.15) is 0 Å². The number of amides is 1. The summed E-state index contributed by atoms with van der Waals surface area (Å²) in [5.74, 6) is -0.572. The van der Waals surface area contributed by atoms with E-state index in [0.717, 1.165) is 27.1 Å². The molecule has 0 spiro atoms. The molecule has 0 fully saturated rings. The van der Waals surface area contributed by atoms with Crippen LogP contribution >= 0.6 is 15.9 Å². The number of benzene rings is 2. The summed E-state index contributed by atoms with van der Waals surface area (Å²) in [5, 5.41) is 14.1. The highest BCUT2D eigenvalue weighted by molar-refractivity contribution is 9.10. The Labute approximate surface area is 166 Å². The number of carbonyl (C=O) groups excluding carboxylic acids is 1. The summed E-state index contributed by atoms with van der Waals surface area (Å²) in [6, 6.07) is 18.7. The second-order valence-electron chi connectivity index (χ2n) is 6.16. The maximum atomic E-state index is 12.1. The number of aliphatic hydroxyl groups excluding tert-OH is 1. The predicted octanol–water partition coefficient (Wildman–Crippen LogP) is 4.04. The fourth-order valence-electron chi connectivity index (χ4n) is 2.94. The first kappa shape index (κ1) is 19.1. The van der Waals surface area contributed by atoms with Crippen LogP contribution in [0.4, 0.5) is 0 Å². The van der Waals surface area contributed by atoms with Crippen molar-refractivity contribution in [2.75, 3.05) is 0 Å². The van der Waals surface area contributed by atoms with Gasteiger partial charge in [-0.25, -0.2) is 5.43 Å². The molecule has 0 aliphatic heterocycles. The van der Waals surface area contributed by atoms with Gasteiger partial charge in [0.05, 0.1) is 11.9 Å². The molecule has 0 unspecified atom stereocenters. The number of aliphatic hydroxyl groups is 1. The van der Waals surface area contributed by atoms with Gasteiger partial charge in [0, 0.05) is 21.4 Å². The van der Waals surface area contributed by atoms with Crippen molar-refractivity contribution in [2.24, 2.45) is 5.10 Å². The third-order valence-corrected chi connectivity index (χ3v) is 4.98. The normalized spacial score (nSPS) is 12.3. The lowest BCUT2D eigenvalue weighted by Crippen LogP contribution is -2.25. The number of carbonyl (C=O) groups is 1. The molecule has 1 aromatic heterocycles. The summed E-state index contributed by atoms with van der Waals surface area (Å²) in [6.07, 6.45) is 0.335. The fraction of sp³-hybridized carbons (Fsp3) is 0.143. The molecule has 3 rings (SSSR count). The first-order valence-electron chi connectivity index (χ1n) is 8.49. The standard InChI is InChI=1S/C21H20BrN3O2/c1-14-12-17(15(2)25(14)19-11-7-6-10-18(19)22)13-23-24-21(27)20(26)16-8-4-3-5-9-16/h3-13,20,26H,1-2H3,(H,24,27)/b23-13-/t20-/m1/s1. The Kier molecular flexibility index (Phi) is 5.88. The van der Waals surface area contributed by atoms with Crippen LogP contribution in [0.3, 0.4) is 0 Å². The third-order valence-electron chi connectivity index (χ3n) is 4.31. The summed E-state index contributed by atoms with van der Waals surface area (Å²) in [6.45, 7) is 4.01. The van der Waals surface area contributed by atoms with Crippen LogP contribution in [-0.4, -0.2) is 21.8 Å². The number of hydrogen-bond acceptors (Lipinski definition) is 3. The third kappa shape index (κ3) is 4.18. The number of aryl methyl sites for hydroxylation is 1. The Bertz CT molecular complexity index is 980. The minimum atomic E-state index is -1.25. The highest BCUT2D eigenvalue weighted by Crippen LogP contribution is 2.26. The lowest BCUT2D eigenvalue weighted by Gasteiger charge is -2.11. The average Bonchev–Trinajstić information content (AvgIpc) is 2.96. The zero-order valence-electron chi connectivity index (χ0n) is 15.1. The van der Waals surface area contributed by atoms with E-state index in [1.165, 1.54) is 0 Å². The highest BCUT2D eigenvalue weighted by Gasteiger charge is 2.16. The summed E-state index contributed by atoms with van der Waals surface area (Å²) in [5.41, 5.74) is 6.90. The Hall–Kier alpha value is -2.70. The first-order valence-corrected chi connectivity index (χ1v) is 9.28. The molecule has 0 radical (unpaired) electrons. The summed E-state index contributed by atoms with van der Waals surface area (Å²) in [4.78, 5) is 12.1. The van der Waals surface area contributed by atoms with Gasteiger partial charge in [-0.15, -0.1) is 0 Å². The lowest BCUT2D eigenvalue weighted by atomic mass is 10.1. The lowest BCUT2D eigenvalue weighted by molar-refractivity contribution is -0.129. The summed E-state index contributed by atoms with van der Waals surface area (Å²) >= 11 is 3.58. The van der Waals surface area contributed by atoms with Crippen LogP contribution in [0.1, 0.15) is 28.6 Å². The van der Waals surface area contributed by atoms with E-state index in [2.05, 4.69) is 31.0 Å². The molecule has 0 bridgehead atoms. The smallest absolute Gasteiger partial charge is 0.273 e. The number of hydrazone groups is 1. The Morgan fingerprint density at radius 3 is 2.52 bits per heavy atom. The predicted molar refractivity (Wildman–Crippen MR) is 110 cm³/mol. The number of nitrogens with one attached hydrogen (secondary N) is 1. The molecular formula is C21H20BrN3O2. The number of aromatic nitrogens is 1. The second kappa shape index (κ2) is 8.33. The van der Waals surface area contributed by atoms with Crippen LogP contribution in [-0.2, 0) is 4.79 Å². The van der Waals surface area contributed by atoms with Gasteiger partial charge in [0.25, 0.3) is 5.91 Å². The van der Waals surface area contributed by atoms with Gasteiger partial charge in [-0.05, 0) is 53.5 Å². The van der Waals surface area contributed by atoms with Crippen LogP contribution in [0, 0.1) is 13.8 Å². The molecule has 27 heavy (non-hydrogen) atoms. The van der Waals surface area contributed by atoms with Crippen molar-refractivity contribution < 1.29 is 9.90 Å². The minimum absolute atomic E-state index is 0.525. The first-order chi connectivity index (χ1) is 13.0. The van der Waals surface area contributed by atoms with E-state index in [9.17, 15) is 9.90 Å². The maximum absolute atomic E-state index is 12.1. The molecule has 0 aliphatic carbocycles. The van der Waals surface area contributed by atoms with Gasteiger partial charge < -0.3 is 9.67 Å². The molecule has 0 saturated heterocycles. The zero-order valence-corrected chi connectivity index (χ0v) is 16.6. The van der Waals surface area contributed by atoms with Gasteiger partial charge >= 0.3 is 0 Å². The molecule has 0 aliphatic rings. The van der Waals surface area contributed by atoms with Gasteiger partial charge in [-0.2, -0.15) is 5.10 Å². The van der Waals surface area contributed by atoms with Crippen molar-refractivity contribution in [3.05, 3.63) is 87.7 Å². The SMILES string of the molecule is Cc1cc(/C=N\NC(=O)[C@H](O)c2ccccc2)c(C)n1-c1ccccc1Br. The Morgan fingerprint density at radius 1 is 1.15 bits per heavy atom. The van der Waals surface area contributed by atoms with E-state index in [-0.39, 0.29) is 0 Å². The van der Waals surface area contributed by atoms with E-state index >= 15 is 0 Å². The van der Waals surface area contributed by atoms with Crippen molar-refractivity contribution in [3.63, 3.8) is 0 Å². The van der Waals surface area contributed by atoms with Crippen LogP contribution in [0.2, 0.25) is 0 Å². The summed E-state index contributed by atoms with van der Waals surface area (Å²) < 4.78 is 3.11. The largest absolute Gasteiger partial charge is 0.378 e. The molecule has 0 saturated carbocycles. The number of rotatable bonds is 5. The molecule has 2 aromatic carbocycles. The zero-order chi connectivity index (χ0) is 19.4. The topological polar surface area (TPSA) is 66.6 Å². The van der Waals surface area contributed by atoms with Crippen LogP contribution in [0.5, 0.6) is 0 Å². The summed E-state index contributed by atoms with van der Waals surface area (Å²) in [7, 11) is 0. The quantitative estimate of drug-likeness (QED) is 0.478. The molecule has 6 heteroatoms. The molecule has 5 nitrogen and oxygen atoms in total. The molecule has 3 aromatic rings. The van der Waals surface area contributed by atoms with Gasteiger partial charge in [0.15, 0.2) is 6.10 Å². The minimum Gasteiger partial charge on any atom is -0.378 e. The van der Waals surface area contributed by atoms with E-state index in [0.29, 0.717) is 5.56 Å². The number of nitrogens with zero attached hydrogens (tertiary/aromatic N) is 2. The van der Waals surface area contributed by atoms with E-state index in [4.69, 9.17) is 0 Å². The molecule has 2 N–H and O–H groups in total. The number of para-hydroxylation sites is 1. The maximum Gasteiger partial charge on any atom is 0.273 e. The van der Waals surface area contributed by atoms with Crippen LogP contribution < -0.4 is 5.43 Å². The van der Waals surface area contributed by atoms with Crippen molar-refractivity contribution in [3.8, 4) is 5.69 Å². The van der Waals surface area contributed by atoms with Gasteiger partial charge in [-0.1, -0.05) is 42.5 Å². The van der Waals surface area contributed by atoms with Crippen molar-refractivity contribution in [2.45, 2.75) is 20.0 Å². The molecular weight excluding hydrogens is 406 g/mol. The number of halogens is 1. The van der Waals surface area contributed by atoms with E-state index < -0.39 is 12.0 Å². The van der Waals surface area contributed by atoms with Gasteiger partial charge in [-0.3, -0.25) is 4.79 Å². The monoisotopic (exact) mass is 425 g/mol. The van der Waals surface area contributed by atoms with E-state index in [1.54, 1.807) is 30.5 Å². The molecule has 138 valence electrons. The molecule has 1 atom stereocenters. The highest BCUT2D eigenvalue weighted by atomic mass is 79.9. The van der Waals surface area contributed by atoms with Crippen molar-refractivity contribution in [1.82, 2.24) is 9.99 Å². The van der Waals surface area contributed by atoms with Crippen molar-refractivity contribution in [1.29, 1.82) is 0 Å². The fourth-order valence-corrected chi connectivity index (χ4v) is 3.40. The number of hydrogen-bond donors (Lipinski definition) is 2. The van der Waals surface area contributed by atoms with Crippen LogP contribution in [0.15, 0.2) is 70.2 Å². The average molecular weight is 426 g/mol.